The summed E-state index contributed by atoms with van der Waals surface area (Å²) in [5, 5.41) is 11.5. The molecule has 2 N–H and O–H groups in total. The molecular formula is C11H21NO3S. The summed E-state index contributed by atoms with van der Waals surface area (Å²) in [6.07, 6.45) is 5.17. The molecule has 0 aliphatic carbocycles. The predicted molar refractivity (Wildman–Crippen MR) is 66.7 cm³/mol. The third kappa shape index (κ3) is 5.39. The minimum atomic E-state index is -1.33. The van der Waals surface area contributed by atoms with Crippen LogP contribution >= 0.6 is 11.8 Å². The summed E-state index contributed by atoms with van der Waals surface area (Å²) in [5.41, 5.74) is -1.33. The summed E-state index contributed by atoms with van der Waals surface area (Å²) < 4.78 is 0. The Kier molecular flexibility index (Phi) is 7.21. The Morgan fingerprint density at radius 2 is 1.88 bits per heavy atom. The quantitative estimate of drug-likeness (QED) is 0.506. The first-order valence-electron chi connectivity index (χ1n) is 5.43. The van der Waals surface area contributed by atoms with Crippen LogP contribution in [-0.4, -0.2) is 35.5 Å². The average molecular weight is 247 g/mol. The fourth-order valence-corrected chi connectivity index (χ4v) is 1.56. The van der Waals surface area contributed by atoms with Crippen molar-refractivity contribution in [3.63, 3.8) is 0 Å². The van der Waals surface area contributed by atoms with Crippen molar-refractivity contribution in [3.8, 4) is 0 Å². The van der Waals surface area contributed by atoms with E-state index in [4.69, 9.17) is 5.11 Å². The van der Waals surface area contributed by atoms with Crippen molar-refractivity contribution in [3.05, 3.63) is 0 Å². The van der Waals surface area contributed by atoms with Crippen molar-refractivity contribution >= 4 is 23.6 Å². The summed E-state index contributed by atoms with van der Waals surface area (Å²) in [6, 6.07) is 0. The van der Waals surface area contributed by atoms with Crippen molar-refractivity contribution in [2.75, 3.05) is 18.6 Å². The SMILES string of the molecule is CSCCCCCNC(=O)C(C)(C)C(=O)O. The number of thioether (sulfide) groups is 1. The Balaban J connectivity index is 3.70. The maximum Gasteiger partial charge on any atom is 0.318 e. The zero-order valence-electron chi connectivity index (χ0n) is 10.2. The lowest BCUT2D eigenvalue weighted by Crippen LogP contribution is -2.42. The van der Waals surface area contributed by atoms with Gasteiger partial charge in [0.1, 0.15) is 5.41 Å². The van der Waals surface area contributed by atoms with Gasteiger partial charge in [-0.05, 0) is 38.7 Å². The van der Waals surface area contributed by atoms with Crippen LogP contribution in [0.1, 0.15) is 33.1 Å². The van der Waals surface area contributed by atoms with Gasteiger partial charge < -0.3 is 10.4 Å². The lowest BCUT2D eigenvalue weighted by Gasteiger charge is -2.18. The maximum atomic E-state index is 11.5. The van der Waals surface area contributed by atoms with Gasteiger partial charge in [-0.15, -0.1) is 0 Å². The first-order chi connectivity index (χ1) is 7.42. The van der Waals surface area contributed by atoms with Gasteiger partial charge >= 0.3 is 5.97 Å². The van der Waals surface area contributed by atoms with Gasteiger partial charge in [0.05, 0.1) is 0 Å². The van der Waals surface area contributed by atoms with Crippen molar-refractivity contribution < 1.29 is 14.7 Å². The monoisotopic (exact) mass is 247 g/mol. The van der Waals surface area contributed by atoms with Crippen LogP contribution in [0.15, 0.2) is 0 Å². The molecule has 16 heavy (non-hydrogen) atoms. The number of amides is 1. The zero-order chi connectivity index (χ0) is 12.6. The molecular weight excluding hydrogens is 226 g/mol. The number of carboxylic acid groups (broad SMARTS) is 1. The van der Waals surface area contributed by atoms with Crippen molar-refractivity contribution in [2.24, 2.45) is 5.41 Å². The van der Waals surface area contributed by atoms with Gasteiger partial charge in [0.2, 0.25) is 5.91 Å². The van der Waals surface area contributed by atoms with Crippen LogP contribution in [0.5, 0.6) is 0 Å². The number of nitrogens with one attached hydrogen (secondary N) is 1. The van der Waals surface area contributed by atoms with Crippen LogP contribution in [0.3, 0.4) is 0 Å². The van der Waals surface area contributed by atoms with Crippen LogP contribution in [0.2, 0.25) is 0 Å². The Morgan fingerprint density at radius 1 is 1.25 bits per heavy atom. The van der Waals surface area contributed by atoms with Crippen LogP contribution in [0.25, 0.3) is 0 Å². The number of unbranched alkanes of at least 4 members (excludes halogenated alkanes) is 2. The van der Waals surface area contributed by atoms with Crippen LogP contribution in [-0.2, 0) is 9.59 Å². The minimum Gasteiger partial charge on any atom is -0.480 e. The second kappa shape index (κ2) is 7.54. The second-order valence-corrected chi connectivity index (χ2v) is 5.23. The maximum absolute atomic E-state index is 11.5. The summed E-state index contributed by atoms with van der Waals surface area (Å²) in [6.45, 7) is 3.39. The second-order valence-electron chi connectivity index (χ2n) is 4.24. The molecule has 0 rings (SSSR count). The molecule has 0 saturated carbocycles. The van der Waals surface area contributed by atoms with Gasteiger partial charge in [-0.3, -0.25) is 9.59 Å². The third-order valence-corrected chi connectivity index (χ3v) is 3.11. The number of hydrogen-bond acceptors (Lipinski definition) is 3. The number of rotatable bonds is 8. The predicted octanol–water partition coefficient (Wildman–Crippen LogP) is 1.75. The van der Waals surface area contributed by atoms with E-state index in [-0.39, 0.29) is 0 Å². The van der Waals surface area contributed by atoms with Crippen LogP contribution in [0, 0.1) is 5.41 Å². The molecule has 0 aliphatic rings. The first-order valence-corrected chi connectivity index (χ1v) is 6.83. The van der Waals surface area contributed by atoms with E-state index in [0.717, 1.165) is 25.0 Å². The third-order valence-electron chi connectivity index (χ3n) is 2.41. The van der Waals surface area contributed by atoms with Crippen LogP contribution < -0.4 is 5.32 Å². The Labute approximate surface area is 101 Å². The number of aliphatic carboxylic acids is 1. The molecule has 94 valence electrons. The van der Waals surface area contributed by atoms with E-state index in [1.165, 1.54) is 13.8 Å². The molecule has 0 aliphatic heterocycles. The summed E-state index contributed by atoms with van der Waals surface area (Å²) in [5.74, 6) is -0.369. The molecule has 1 amide bonds. The van der Waals surface area contributed by atoms with E-state index in [0.29, 0.717) is 6.54 Å². The van der Waals surface area contributed by atoms with Gasteiger partial charge in [-0.25, -0.2) is 0 Å². The molecule has 0 aromatic rings. The summed E-state index contributed by atoms with van der Waals surface area (Å²) >= 11 is 1.81. The lowest BCUT2D eigenvalue weighted by atomic mass is 9.93. The molecule has 4 nitrogen and oxygen atoms in total. The molecule has 0 saturated heterocycles. The Bertz CT molecular complexity index is 241. The van der Waals surface area contributed by atoms with Crippen LogP contribution in [0.4, 0.5) is 0 Å². The number of carboxylic acids is 1. The standard InChI is InChI=1S/C11H21NO3S/c1-11(2,10(14)15)9(13)12-7-5-4-6-8-16-3/h4-8H2,1-3H3,(H,12,13)(H,14,15). The number of carbonyl (C=O) groups is 2. The summed E-state index contributed by atoms with van der Waals surface area (Å²) in [7, 11) is 0. The fraction of sp³-hybridized carbons (Fsp3) is 0.818. The molecule has 0 aromatic heterocycles. The molecule has 0 radical (unpaired) electrons. The molecule has 0 heterocycles. The van der Waals surface area contributed by atoms with E-state index >= 15 is 0 Å². The van der Waals surface area contributed by atoms with Gasteiger partial charge in [0.15, 0.2) is 0 Å². The highest BCUT2D eigenvalue weighted by Gasteiger charge is 2.35. The molecule has 0 aromatic carbocycles. The number of hydrogen-bond donors (Lipinski definition) is 2. The van der Waals surface area contributed by atoms with Crippen molar-refractivity contribution in [2.45, 2.75) is 33.1 Å². The normalized spacial score (nSPS) is 11.2. The van der Waals surface area contributed by atoms with E-state index in [1.54, 1.807) is 0 Å². The van der Waals surface area contributed by atoms with E-state index in [1.807, 2.05) is 11.8 Å². The van der Waals surface area contributed by atoms with E-state index in [2.05, 4.69) is 11.6 Å². The Hall–Kier alpha value is -0.710. The molecule has 0 fully saturated rings. The number of carbonyl (C=O) groups excluding carboxylic acids is 1. The zero-order valence-corrected chi connectivity index (χ0v) is 11.0. The van der Waals surface area contributed by atoms with Gasteiger partial charge in [-0.1, -0.05) is 6.42 Å². The average Bonchev–Trinajstić information content (AvgIpc) is 2.22. The molecule has 0 unspecified atom stereocenters. The highest BCUT2D eigenvalue weighted by Crippen LogP contribution is 2.14. The van der Waals surface area contributed by atoms with Gasteiger partial charge in [0, 0.05) is 6.54 Å². The molecule has 0 atom stereocenters. The fourth-order valence-electron chi connectivity index (χ4n) is 1.07. The first kappa shape index (κ1) is 15.3. The van der Waals surface area contributed by atoms with Gasteiger partial charge in [0.25, 0.3) is 0 Å². The molecule has 0 bridgehead atoms. The Morgan fingerprint density at radius 3 is 2.38 bits per heavy atom. The van der Waals surface area contributed by atoms with Crippen molar-refractivity contribution in [1.82, 2.24) is 5.32 Å². The minimum absolute atomic E-state index is 0.412. The highest BCUT2D eigenvalue weighted by molar-refractivity contribution is 7.98. The van der Waals surface area contributed by atoms with Gasteiger partial charge in [-0.2, -0.15) is 11.8 Å². The molecule has 5 heteroatoms. The smallest absolute Gasteiger partial charge is 0.318 e. The van der Waals surface area contributed by atoms with Crippen molar-refractivity contribution in [1.29, 1.82) is 0 Å². The molecule has 0 spiro atoms. The summed E-state index contributed by atoms with van der Waals surface area (Å²) in [4.78, 5) is 22.3. The largest absolute Gasteiger partial charge is 0.480 e. The topological polar surface area (TPSA) is 66.4 Å². The highest BCUT2D eigenvalue weighted by atomic mass is 32.2. The van der Waals surface area contributed by atoms with E-state index in [9.17, 15) is 9.59 Å². The lowest BCUT2D eigenvalue weighted by molar-refractivity contribution is -0.153. The van der Waals surface area contributed by atoms with E-state index < -0.39 is 17.3 Å².